The quantitative estimate of drug-likeness (QED) is 0.165. The lowest BCUT2D eigenvalue weighted by molar-refractivity contribution is -0.135. The van der Waals surface area contributed by atoms with Gasteiger partial charge in [-0.15, -0.1) is 0 Å². The van der Waals surface area contributed by atoms with Gasteiger partial charge in [-0.05, 0) is 20.8 Å². The maximum atomic E-state index is 12.3. The molecule has 0 unspecified atom stereocenters. The largest absolute Gasteiger partial charge is 0.391 e. The van der Waals surface area contributed by atoms with Gasteiger partial charge in [0.05, 0.1) is 24.7 Å². The van der Waals surface area contributed by atoms with E-state index >= 15 is 0 Å². The Morgan fingerprint density at radius 1 is 0.786 bits per heavy atom. The minimum atomic E-state index is -1.48. The first-order chi connectivity index (χ1) is 12.8. The van der Waals surface area contributed by atoms with E-state index in [9.17, 15) is 34.2 Å². The number of hydrogen-bond acceptors (Lipinski definition) is 8. The average molecular weight is 404 g/mol. The van der Waals surface area contributed by atoms with Gasteiger partial charge in [0.1, 0.15) is 18.1 Å². The molecule has 5 amide bonds. The van der Waals surface area contributed by atoms with Crippen LogP contribution in [-0.2, 0) is 24.0 Å². The van der Waals surface area contributed by atoms with Gasteiger partial charge in [-0.25, -0.2) is 0 Å². The first-order valence-electron chi connectivity index (χ1n) is 8.38. The molecule has 0 spiro atoms. The minimum Gasteiger partial charge on any atom is -0.391 e. The Hall–Kier alpha value is -2.77. The molecule has 0 aliphatic carbocycles. The molecule has 0 saturated carbocycles. The van der Waals surface area contributed by atoms with Crippen LogP contribution in [-0.4, -0.2) is 76.1 Å². The van der Waals surface area contributed by atoms with Gasteiger partial charge in [-0.3, -0.25) is 24.0 Å². The molecule has 13 heteroatoms. The van der Waals surface area contributed by atoms with Gasteiger partial charge in [0.15, 0.2) is 0 Å². The zero-order valence-corrected chi connectivity index (χ0v) is 15.8. The molecule has 0 aromatic heterocycles. The number of aliphatic hydroxyl groups is 2. The van der Waals surface area contributed by atoms with Crippen LogP contribution < -0.4 is 33.2 Å². The van der Waals surface area contributed by atoms with Gasteiger partial charge in [0, 0.05) is 0 Å². The van der Waals surface area contributed by atoms with Crippen molar-refractivity contribution in [1.29, 1.82) is 0 Å². The van der Waals surface area contributed by atoms with E-state index in [0.29, 0.717) is 0 Å². The van der Waals surface area contributed by atoms with Gasteiger partial charge < -0.3 is 43.4 Å². The molecule has 0 aromatic carbocycles. The Bertz CT molecular complexity index is 610. The molecule has 0 heterocycles. The lowest BCUT2D eigenvalue weighted by atomic mass is 10.1. The lowest BCUT2D eigenvalue weighted by Gasteiger charge is -2.25. The maximum Gasteiger partial charge on any atom is 0.245 e. The van der Waals surface area contributed by atoms with Crippen LogP contribution in [0.3, 0.4) is 0 Å². The zero-order chi connectivity index (χ0) is 22.2. The molecule has 0 saturated heterocycles. The molecular weight excluding hydrogens is 376 g/mol. The molecule has 28 heavy (non-hydrogen) atoms. The van der Waals surface area contributed by atoms with Crippen LogP contribution in [0.2, 0.25) is 0 Å². The number of aliphatic hydroxyl groups excluding tert-OH is 2. The fourth-order valence-electron chi connectivity index (χ4n) is 2.05. The summed E-state index contributed by atoms with van der Waals surface area (Å²) in [5.41, 5.74) is 15.5. The third-order valence-electron chi connectivity index (χ3n) is 3.66. The highest BCUT2D eigenvalue weighted by Gasteiger charge is 2.31. The van der Waals surface area contributed by atoms with E-state index in [-0.39, 0.29) is 0 Å². The Morgan fingerprint density at radius 3 is 1.64 bits per heavy atom. The molecule has 160 valence electrons. The molecule has 0 aromatic rings. The predicted octanol–water partition coefficient (Wildman–Crippen LogP) is -5.09. The summed E-state index contributed by atoms with van der Waals surface area (Å²) >= 11 is 0. The third-order valence-corrected chi connectivity index (χ3v) is 3.66. The highest BCUT2D eigenvalue weighted by atomic mass is 16.3. The second-order valence-electron chi connectivity index (χ2n) is 6.36. The standard InChI is InChI=1S/C15H28N6O7/c1-5(13(26)20-10(6(2)22)12(18)25)19-15(28)11(7(3)23)21-14(27)8(16)4-9(17)24/h5-8,10-11,22-23H,4,16H2,1-3H3,(H2,17,24)(H2,18,25)(H,19,28)(H,20,26)(H,21,27)/t5-,6+,7+,8-,10-,11-/m0/s1. The second-order valence-corrected chi connectivity index (χ2v) is 6.36. The molecule has 6 atom stereocenters. The summed E-state index contributed by atoms with van der Waals surface area (Å²) < 4.78 is 0. The summed E-state index contributed by atoms with van der Waals surface area (Å²) in [6.45, 7) is 3.73. The number of carbonyl (C=O) groups excluding carboxylic acids is 5. The van der Waals surface area contributed by atoms with Crippen molar-refractivity contribution in [1.82, 2.24) is 16.0 Å². The van der Waals surface area contributed by atoms with Crippen molar-refractivity contribution in [3.05, 3.63) is 0 Å². The molecule has 0 rings (SSSR count). The molecule has 0 bridgehead atoms. The summed E-state index contributed by atoms with van der Waals surface area (Å²) in [6, 6.07) is -5.38. The number of nitrogens with two attached hydrogens (primary N) is 3. The van der Waals surface area contributed by atoms with Crippen molar-refractivity contribution in [2.24, 2.45) is 17.2 Å². The lowest BCUT2D eigenvalue weighted by Crippen LogP contribution is -2.60. The van der Waals surface area contributed by atoms with Crippen molar-refractivity contribution in [2.75, 3.05) is 0 Å². The highest BCUT2D eigenvalue weighted by molar-refractivity contribution is 5.95. The van der Waals surface area contributed by atoms with Crippen LogP contribution in [0.5, 0.6) is 0 Å². The molecule has 11 N–H and O–H groups in total. The van der Waals surface area contributed by atoms with E-state index in [4.69, 9.17) is 17.2 Å². The van der Waals surface area contributed by atoms with E-state index in [2.05, 4.69) is 16.0 Å². The number of primary amides is 2. The fourth-order valence-corrected chi connectivity index (χ4v) is 2.05. The fraction of sp³-hybridized carbons (Fsp3) is 0.667. The number of rotatable bonds is 11. The van der Waals surface area contributed by atoms with Crippen LogP contribution >= 0.6 is 0 Å². The maximum absolute atomic E-state index is 12.3. The Balaban J connectivity index is 5.00. The zero-order valence-electron chi connectivity index (χ0n) is 15.8. The number of nitrogens with one attached hydrogen (secondary N) is 3. The number of amides is 5. The molecule has 0 aliphatic rings. The first kappa shape index (κ1) is 25.2. The van der Waals surface area contributed by atoms with Gasteiger partial charge in [0.2, 0.25) is 29.5 Å². The summed E-state index contributed by atoms with van der Waals surface area (Å²) in [6.07, 6.45) is -3.09. The van der Waals surface area contributed by atoms with Gasteiger partial charge >= 0.3 is 0 Å². The summed E-state index contributed by atoms with van der Waals surface area (Å²) in [5, 5.41) is 25.7. The van der Waals surface area contributed by atoms with E-state index in [0.717, 1.165) is 0 Å². The SMILES string of the molecule is C[C@H](NC(=O)[C@@H](NC(=O)[C@@H](N)CC(N)=O)[C@@H](C)O)C(=O)N[C@H](C(N)=O)[C@@H](C)O. The molecule has 13 nitrogen and oxygen atoms in total. The molecule has 0 aliphatic heterocycles. The topological polar surface area (TPSA) is 240 Å². The smallest absolute Gasteiger partial charge is 0.245 e. The van der Waals surface area contributed by atoms with Gasteiger partial charge in [0.25, 0.3) is 0 Å². The van der Waals surface area contributed by atoms with Crippen molar-refractivity contribution in [3.8, 4) is 0 Å². The van der Waals surface area contributed by atoms with Gasteiger partial charge in [-0.2, -0.15) is 0 Å². The van der Waals surface area contributed by atoms with Crippen LogP contribution in [0.4, 0.5) is 0 Å². The molecule has 0 fully saturated rings. The summed E-state index contributed by atoms with van der Waals surface area (Å²) in [4.78, 5) is 58.3. The predicted molar refractivity (Wildman–Crippen MR) is 95.8 cm³/mol. The van der Waals surface area contributed by atoms with E-state index in [1.165, 1.54) is 20.8 Å². The van der Waals surface area contributed by atoms with E-state index < -0.39 is 72.3 Å². The van der Waals surface area contributed by atoms with Crippen molar-refractivity contribution in [3.63, 3.8) is 0 Å². The van der Waals surface area contributed by atoms with Crippen LogP contribution in [0.15, 0.2) is 0 Å². The third kappa shape index (κ3) is 8.28. The Morgan fingerprint density at radius 2 is 1.25 bits per heavy atom. The second kappa shape index (κ2) is 11.2. The highest BCUT2D eigenvalue weighted by Crippen LogP contribution is 1.99. The Kier molecular flexibility index (Phi) is 10.1. The number of carbonyl (C=O) groups is 5. The van der Waals surface area contributed by atoms with Crippen molar-refractivity contribution < 1.29 is 34.2 Å². The molecule has 0 radical (unpaired) electrons. The first-order valence-corrected chi connectivity index (χ1v) is 8.38. The monoisotopic (exact) mass is 404 g/mol. The summed E-state index contributed by atoms with van der Waals surface area (Å²) in [7, 11) is 0. The van der Waals surface area contributed by atoms with Crippen LogP contribution in [0.1, 0.15) is 27.2 Å². The van der Waals surface area contributed by atoms with Crippen LogP contribution in [0, 0.1) is 0 Å². The average Bonchev–Trinajstić information content (AvgIpc) is 2.54. The van der Waals surface area contributed by atoms with E-state index in [1.807, 2.05) is 0 Å². The summed E-state index contributed by atoms with van der Waals surface area (Å²) in [5.74, 6) is -4.46. The van der Waals surface area contributed by atoms with Crippen molar-refractivity contribution >= 4 is 29.5 Å². The van der Waals surface area contributed by atoms with Crippen LogP contribution in [0.25, 0.3) is 0 Å². The van der Waals surface area contributed by atoms with Gasteiger partial charge in [-0.1, -0.05) is 0 Å². The Labute approximate surface area is 161 Å². The van der Waals surface area contributed by atoms with E-state index in [1.54, 1.807) is 0 Å². The molecular formula is C15H28N6O7. The normalized spacial score (nSPS) is 17.2. The van der Waals surface area contributed by atoms with Crippen molar-refractivity contribution in [2.45, 2.75) is 63.6 Å². The minimum absolute atomic E-state index is 0.466. The number of hydrogen-bond donors (Lipinski definition) is 8.